The van der Waals surface area contributed by atoms with Crippen molar-refractivity contribution in [1.82, 2.24) is 0 Å². The van der Waals surface area contributed by atoms with Crippen LogP contribution in [0.4, 0.5) is 0 Å². The number of hydrogen-bond donors (Lipinski definition) is 0. The van der Waals surface area contributed by atoms with Gasteiger partial charge in [-0.2, -0.15) is 0 Å². The van der Waals surface area contributed by atoms with Crippen molar-refractivity contribution in [2.24, 2.45) is 5.16 Å². The van der Waals surface area contributed by atoms with Crippen molar-refractivity contribution in [3.8, 4) is 0 Å². The third-order valence-electron chi connectivity index (χ3n) is 3.29. The maximum Gasteiger partial charge on any atom is 0.263 e. The van der Waals surface area contributed by atoms with Crippen molar-refractivity contribution in [2.75, 3.05) is 13.7 Å². The van der Waals surface area contributed by atoms with Crippen molar-refractivity contribution in [1.29, 1.82) is 0 Å². The number of nitrogens with zero attached hydrogens (tertiary/aromatic N) is 1. The van der Waals surface area contributed by atoms with Crippen LogP contribution in [-0.2, 0) is 20.9 Å². The van der Waals surface area contributed by atoms with Gasteiger partial charge < -0.3 is 14.3 Å². The molecule has 2 aromatic rings. The van der Waals surface area contributed by atoms with Gasteiger partial charge >= 0.3 is 0 Å². The molecule has 0 amide bonds. The molecule has 1 aliphatic rings. The summed E-state index contributed by atoms with van der Waals surface area (Å²) in [6, 6.07) is 17.8. The van der Waals surface area contributed by atoms with Gasteiger partial charge in [-0.3, -0.25) is 0 Å². The summed E-state index contributed by atoms with van der Waals surface area (Å²) in [5.74, 6) is 1.23. The second kappa shape index (κ2) is 6.91. The van der Waals surface area contributed by atoms with E-state index in [1.54, 1.807) is 7.11 Å². The third-order valence-corrected chi connectivity index (χ3v) is 3.29. The second-order valence-electron chi connectivity index (χ2n) is 4.83. The van der Waals surface area contributed by atoms with E-state index in [4.69, 9.17) is 14.3 Å². The number of oxime groups is 1. The highest BCUT2D eigenvalue weighted by atomic mass is 16.6. The van der Waals surface area contributed by atoms with E-state index >= 15 is 0 Å². The van der Waals surface area contributed by atoms with E-state index in [1.165, 1.54) is 0 Å². The van der Waals surface area contributed by atoms with Gasteiger partial charge in [-0.05, 0) is 22.9 Å². The van der Waals surface area contributed by atoms with Crippen molar-refractivity contribution in [3.63, 3.8) is 0 Å². The minimum absolute atomic E-state index is 0.410. The Hall–Kier alpha value is -2.59. The fourth-order valence-electron chi connectivity index (χ4n) is 2.22. The first-order valence-corrected chi connectivity index (χ1v) is 7.09. The summed E-state index contributed by atoms with van der Waals surface area (Å²) in [6.07, 6.45) is 1.89. The highest BCUT2D eigenvalue weighted by Crippen LogP contribution is 2.30. The molecule has 0 aromatic heterocycles. The van der Waals surface area contributed by atoms with Gasteiger partial charge in [0.1, 0.15) is 12.4 Å². The van der Waals surface area contributed by atoms with Crippen LogP contribution >= 0.6 is 0 Å². The predicted molar refractivity (Wildman–Crippen MR) is 85.1 cm³/mol. The van der Waals surface area contributed by atoms with E-state index in [0.717, 1.165) is 22.4 Å². The van der Waals surface area contributed by atoms with Crippen LogP contribution in [0.1, 0.15) is 16.7 Å². The molecule has 0 bridgehead atoms. The summed E-state index contributed by atoms with van der Waals surface area (Å²) >= 11 is 0. The Kier molecular flexibility index (Phi) is 4.51. The Bertz CT molecular complexity index is 692. The van der Waals surface area contributed by atoms with E-state index in [-0.39, 0.29) is 0 Å². The molecule has 0 N–H and O–H groups in total. The number of methoxy groups -OCH3 is 1. The maximum atomic E-state index is 5.78. The summed E-state index contributed by atoms with van der Waals surface area (Å²) in [6.45, 7) is 0.898. The molecule has 2 aromatic carbocycles. The minimum Gasteiger partial charge on any atom is -0.436 e. The summed E-state index contributed by atoms with van der Waals surface area (Å²) in [4.78, 5) is 5.42. The van der Waals surface area contributed by atoms with Crippen molar-refractivity contribution < 1.29 is 14.3 Å². The first-order valence-electron chi connectivity index (χ1n) is 7.09. The molecule has 0 unspecified atom stereocenters. The largest absolute Gasteiger partial charge is 0.436 e. The molecule has 0 radical (unpaired) electrons. The summed E-state index contributed by atoms with van der Waals surface area (Å²) in [7, 11) is 1.65. The topological polar surface area (TPSA) is 40.0 Å². The quantitative estimate of drug-likeness (QED) is 0.792. The van der Waals surface area contributed by atoms with Gasteiger partial charge in [-0.1, -0.05) is 48.5 Å². The molecule has 0 saturated carbocycles. The number of hydrogen-bond acceptors (Lipinski definition) is 4. The molecule has 0 saturated heterocycles. The molecule has 0 aliphatic carbocycles. The van der Waals surface area contributed by atoms with Crippen LogP contribution < -0.4 is 0 Å². The second-order valence-corrected chi connectivity index (χ2v) is 4.83. The number of benzene rings is 2. The normalized spacial score (nSPS) is 16.6. The molecule has 4 heteroatoms. The van der Waals surface area contributed by atoms with E-state index < -0.39 is 0 Å². The molecule has 0 spiro atoms. The van der Waals surface area contributed by atoms with Gasteiger partial charge in [0.15, 0.2) is 0 Å². The van der Waals surface area contributed by atoms with E-state index in [0.29, 0.717) is 19.1 Å². The van der Waals surface area contributed by atoms with Gasteiger partial charge in [-0.25, -0.2) is 0 Å². The number of rotatable bonds is 5. The van der Waals surface area contributed by atoms with Crippen molar-refractivity contribution in [2.45, 2.75) is 6.61 Å². The highest BCUT2D eigenvalue weighted by molar-refractivity contribution is 6.05. The lowest BCUT2D eigenvalue weighted by atomic mass is 10.1. The molecular weight excluding hydrogens is 278 g/mol. The molecule has 4 nitrogen and oxygen atoms in total. The van der Waals surface area contributed by atoms with Crippen LogP contribution in [0.2, 0.25) is 0 Å². The lowest BCUT2D eigenvalue weighted by molar-refractivity contribution is 0.125. The van der Waals surface area contributed by atoms with E-state index in [9.17, 15) is 0 Å². The highest BCUT2D eigenvalue weighted by Gasteiger charge is 2.24. The van der Waals surface area contributed by atoms with Crippen LogP contribution in [0.15, 0.2) is 65.8 Å². The first-order chi connectivity index (χ1) is 10.9. The Balaban J connectivity index is 1.76. The first kappa shape index (κ1) is 14.4. The zero-order chi connectivity index (χ0) is 15.2. The Morgan fingerprint density at radius 1 is 1.00 bits per heavy atom. The summed E-state index contributed by atoms with van der Waals surface area (Å²) in [5, 5.41) is 4.13. The number of ether oxygens (including phenoxy) is 2. The molecule has 112 valence electrons. The van der Waals surface area contributed by atoms with Crippen LogP contribution in [0.25, 0.3) is 5.76 Å². The maximum absolute atomic E-state index is 5.78. The zero-order valence-corrected chi connectivity index (χ0v) is 12.4. The molecule has 0 fully saturated rings. The Morgan fingerprint density at radius 2 is 1.73 bits per heavy atom. The van der Waals surface area contributed by atoms with Gasteiger partial charge in [0, 0.05) is 12.7 Å². The Labute approximate surface area is 129 Å². The standard InChI is InChI=1S/C18H17NO3/c1-20-12-11-17-15-9-5-6-10-16(15)18(22-17)19-21-13-14-7-3-2-4-8-14/h2-11H,12-13H2,1H3/b17-11+,19-18-. The van der Waals surface area contributed by atoms with Crippen LogP contribution in [0.3, 0.4) is 0 Å². The van der Waals surface area contributed by atoms with Gasteiger partial charge in [0.2, 0.25) is 0 Å². The van der Waals surface area contributed by atoms with Crippen molar-refractivity contribution in [3.05, 3.63) is 77.4 Å². The number of fused-ring (bicyclic) bond motifs is 1. The van der Waals surface area contributed by atoms with Crippen molar-refractivity contribution >= 4 is 11.7 Å². The van der Waals surface area contributed by atoms with Gasteiger partial charge in [-0.15, -0.1) is 0 Å². The average Bonchev–Trinajstić information content (AvgIpc) is 2.92. The smallest absolute Gasteiger partial charge is 0.263 e. The molecule has 22 heavy (non-hydrogen) atoms. The Morgan fingerprint density at radius 3 is 2.50 bits per heavy atom. The average molecular weight is 295 g/mol. The minimum atomic E-state index is 0.410. The molecule has 0 atom stereocenters. The van der Waals surface area contributed by atoms with Crippen LogP contribution in [0, 0.1) is 0 Å². The van der Waals surface area contributed by atoms with E-state index in [2.05, 4.69) is 5.16 Å². The monoisotopic (exact) mass is 295 g/mol. The predicted octanol–water partition coefficient (Wildman–Crippen LogP) is 3.58. The fourth-order valence-corrected chi connectivity index (χ4v) is 2.22. The van der Waals surface area contributed by atoms with Gasteiger partial charge in [0.25, 0.3) is 5.90 Å². The van der Waals surface area contributed by atoms with E-state index in [1.807, 2.05) is 60.7 Å². The lowest BCUT2D eigenvalue weighted by Gasteiger charge is -2.02. The van der Waals surface area contributed by atoms with Crippen LogP contribution in [-0.4, -0.2) is 19.6 Å². The molecule has 1 aliphatic heterocycles. The summed E-state index contributed by atoms with van der Waals surface area (Å²) < 4.78 is 10.8. The van der Waals surface area contributed by atoms with Gasteiger partial charge in [0.05, 0.1) is 12.2 Å². The fraction of sp³-hybridized carbons (Fsp3) is 0.167. The SMILES string of the molecule is COC/C=C1/O/C(=N\OCc2ccccc2)c2ccccc21. The lowest BCUT2D eigenvalue weighted by Crippen LogP contribution is -1.99. The molecular formula is C18H17NO3. The summed E-state index contributed by atoms with van der Waals surface area (Å²) in [5.41, 5.74) is 2.99. The third kappa shape index (κ3) is 3.18. The van der Waals surface area contributed by atoms with Crippen LogP contribution in [0.5, 0.6) is 0 Å². The molecule has 3 rings (SSSR count). The zero-order valence-electron chi connectivity index (χ0n) is 12.4. The molecule has 1 heterocycles.